The van der Waals surface area contributed by atoms with Crippen molar-refractivity contribution in [1.29, 1.82) is 0 Å². The minimum absolute atomic E-state index is 0.0850. The number of hydrogen-bond acceptors (Lipinski definition) is 5. The highest BCUT2D eigenvalue weighted by Gasteiger charge is 2.34. The van der Waals surface area contributed by atoms with Crippen LogP contribution in [0.15, 0.2) is 76.2 Å². The SMILES string of the molecule is [C-]#[N+]c1ccc(-n2nccc2-c2c(C(=O)N[C@H](c3ncc(C[N+](C)(C)C)o3)C(C)C)c(=O)n(-c3cccc(C(F)(F)F)c3)n2C)cc1. The second-order valence-corrected chi connectivity index (χ2v) is 12.5. The van der Waals surface area contributed by atoms with E-state index in [-0.39, 0.29) is 28.8 Å². The van der Waals surface area contributed by atoms with Crippen LogP contribution in [0.1, 0.15) is 47.5 Å². The van der Waals surface area contributed by atoms with Gasteiger partial charge in [0.05, 0.1) is 62.7 Å². The Balaban J connectivity index is 1.67. The summed E-state index contributed by atoms with van der Waals surface area (Å²) in [5.41, 5.74) is -0.818. The molecule has 244 valence electrons. The summed E-state index contributed by atoms with van der Waals surface area (Å²) in [5, 5.41) is 7.29. The first-order valence-corrected chi connectivity index (χ1v) is 14.7. The number of nitrogens with one attached hydrogen (secondary N) is 1. The van der Waals surface area contributed by atoms with Crippen molar-refractivity contribution in [2.75, 3.05) is 21.1 Å². The monoisotopic (exact) mass is 647 g/mol. The van der Waals surface area contributed by atoms with Crippen molar-refractivity contribution in [3.8, 4) is 22.8 Å². The van der Waals surface area contributed by atoms with E-state index >= 15 is 0 Å². The summed E-state index contributed by atoms with van der Waals surface area (Å²) in [4.78, 5) is 36.2. The van der Waals surface area contributed by atoms with Crippen molar-refractivity contribution in [1.82, 2.24) is 29.4 Å². The molecule has 5 rings (SSSR count). The van der Waals surface area contributed by atoms with E-state index in [2.05, 4.69) is 20.2 Å². The summed E-state index contributed by atoms with van der Waals surface area (Å²) >= 11 is 0. The molecule has 47 heavy (non-hydrogen) atoms. The van der Waals surface area contributed by atoms with Gasteiger partial charge in [-0.1, -0.05) is 32.0 Å². The Morgan fingerprint density at radius 2 is 1.79 bits per heavy atom. The normalized spacial score (nSPS) is 12.7. The summed E-state index contributed by atoms with van der Waals surface area (Å²) < 4.78 is 51.5. The zero-order valence-electron chi connectivity index (χ0n) is 26.7. The Morgan fingerprint density at radius 3 is 2.40 bits per heavy atom. The highest BCUT2D eigenvalue weighted by molar-refractivity contribution is 6.00. The Morgan fingerprint density at radius 1 is 1.09 bits per heavy atom. The summed E-state index contributed by atoms with van der Waals surface area (Å²) in [6, 6.07) is 11.7. The summed E-state index contributed by atoms with van der Waals surface area (Å²) in [6.45, 7) is 11.5. The lowest BCUT2D eigenvalue weighted by Crippen LogP contribution is -2.35. The maximum absolute atomic E-state index is 14.2. The number of nitrogens with zero attached hydrogens (tertiary/aromatic N) is 7. The molecule has 5 aromatic rings. The molecule has 0 aliphatic rings. The van der Waals surface area contributed by atoms with Gasteiger partial charge in [-0.3, -0.25) is 14.3 Å². The van der Waals surface area contributed by atoms with Gasteiger partial charge in [0, 0.05) is 7.05 Å². The van der Waals surface area contributed by atoms with Crippen LogP contribution in [0, 0.1) is 12.5 Å². The summed E-state index contributed by atoms with van der Waals surface area (Å²) in [6.07, 6.45) is -1.58. The number of benzene rings is 2. The van der Waals surface area contributed by atoms with Gasteiger partial charge in [-0.2, -0.15) is 18.3 Å². The molecule has 0 aliphatic heterocycles. The molecule has 1 amide bonds. The van der Waals surface area contributed by atoms with Gasteiger partial charge in [-0.05, 0) is 42.3 Å². The first kappa shape index (κ1) is 33.0. The molecule has 14 heteroatoms. The van der Waals surface area contributed by atoms with Gasteiger partial charge >= 0.3 is 6.18 Å². The number of carbonyl (C=O) groups excluding carboxylic acids is 1. The topological polar surface area (TPSA) is 104 Å². The molecule has 1 N–H and O–H groups in total. The first-order valence-electron chi connectivity index (χ1n) is 14.7. The lowest BCUT2D eigenvalue weighted by atomic mass is 10.0. The van der Waals surface area contributed by atoms with Gasteiger partial charge in [0.1, 0.15) is 23.8 Å². The zero-order valence-corrected chi connectivity index (χ0v) is 26.7. The van der Waals surface area contributed by atoms with Crippen LogP contribution in [0.25, 0.3) is 27.6 Å². The molecule has 0 saturated carbocycles. The minimum Gasteiger partial charge on any atom is -0.437 e. The Bertz CT molecular complexity index is 2020. The van der Waals surface area contributed by atoms with Crippen molar-refractivity contribution in [3.05, 3.63) is 112 Å². The van der Waals surface area contributed by atoms with Crippen LogP contribution in [-0.4, -0.2) is 55.7 Å². The molecule has 0 aliphatic carbocycles. The molecule has 0 fully saturated rings. The van der Waals surface area contributed by atoms with E-state index in [1.807, 2.05) is 35.0 Å². The van der Waals surface area contributed by atoms with Gasteiger partial charge in [-0.15, -0.1) is 0 Å². The summed E-state index contributed by atoms with van der Waals surface area (Å²) in [7, 11) is 7.48. The number of oxazole rings is 1. The number of alkyl halides is 3. The van der Waals surface area contributed by atoms with E-state index in [1.165, 1.54) is 34.7 Å². The van der Waals surface area contributed by atoms with Crippen molar-refractivity contribution in [2.45, 2.75) is 32.6 Å². The molecule has 0 saturated heterocycles. The number of rotatable bonds is 9. The zero-order chi connectivity index (χ0) is 34.3. The third-order valence-electron chi connectivity index (χ3n) is 7.44. The van der Waals surface area contributed by atoms with Gasteiger partial charge in [0.15, 0.2) is 11.4 Å². The molecule has 2 aromatic carbocycles. The third-order valence-corrected chi connectivity index (χ3v) is 7.44. The second-order valence-electron chi connectivity index (χ2n) is 12.5. The largest absolute Gasteiger partial charge is 0.437 e. The van der Waals surface area contributed by atoms with E-state index in [1.54, 1.807) is 36.5 Å². The molecule has 1 atom stereocenters. The number of hydrogen-bond donors (Lipinski definition) is 1. The lowest BCUT2D eigenvalue weighted by Gasteiger charge is -2.22. The predicted octanol–water partition coefficient (Wildman–Crippen LogP) is 5.92. The molecule has 3 heterocycles. The molecular weight excluding hydrogens is 613 g/mol. The number of carbonyl (C=O) groups is 1. The van der Waals surface area contributed by atoms with Gasteiger partial charge in [-0.25, -0.2) is 19.2 Å². The van der Waals surface area contributed by atoms with Crippen molar-refractivity contribution in [3.63, 3.8) is 0 Å². The Labute approximate surface area is 268 Å². The standard InChI is InChI=1S/C33H33F3N8O3/c1-20(2)28(31-38-18-25(47-31)19-44(5,6)7)40-30(45)27-29(26-15-16-39-42(26)23-13-11-22(37-3)12-14-23)41(4)43(32(27)46)24-10-8-9-21(17-24)33(34,35)36/h8-18,20,28H,19H2,1-2,4-7H3/p+1/t28-/m0/s1. The molecular formula is C33H34F3N8O3+. The molecule has 3 aromatic heterocycles. The van der Waals surface area contributed by atoms with Gasteiger partial charge in [0.25, 0.3) is 11.5 Å². The molecule has 0 radical (unpaired) electrons. The molecule has 0 spiro atoms. The molecule has 11 nitrogen and oxygen atoms in total. The van der Waals surface area contributed by atoms with E-state index < -0.39 is 29.2 Å². The van der Waals surface area contributed by atoms with Crippen molar-refractivity contribution < 1.29 is 26.9 Å². The number of quaternary nitrogens is 1. The predicted molar refractivity (Wildman–Crippen MR) is 168 cm³/mol. The lowest BCUT2D eigenvalue weighted by molar-refractivity contribution is -0.884. The maximum Gasteiger partial charge on any atom is 0.416 e. The number of amides is 1. The first-order chi connectivity index (χ1) is 22.1. The average Bonchev–Trinajstić information content (AvgIpc) is 3.72. The fourth-order valence-electron chi connectivity index (χ4n) is 5.30. The van der Waals surface area contributed by atoms with Gasteiger partial charge < -0.3 is 14.2 Å². The molecule has 0 bridgehead atoms. The van der Waals surface area contributed by atoms with Crippen molar-refractivity contribution in [2.24, 2.45) is 13.0 Å². The van der Waals surface area contributed by atoms with Crippen LogP contribution in [0.5, 0.6) is 0 Å². The van der Waals surface area contributed by atoms with Crippen LogP contribution in [-0.2, 0) is 19.8 Å². The van der Waals surface area contributed by atoms with E-state index in [0.29, 0.717) is 33.9 Å². The van der Waals surface area contributed by atoms with Crippen LogP contribution in [0.4, 0.5) is 18.9 Å². The smallest absolute Gasteiger partial charge is 0.416 e. The van der Waals surface area contributed by atoms with E-state index in [4.69, 9.17) is 11.0 Å². The average molecular weight is 648 g/mol. The van der Waals surface area contributed by atoms with Crippen molar-refractivity contribution >= 4 is 11.6 Å². The Hall–Kier alpha value is -5.42. The molecule has 0 unspecified atom stereocenters. The van der Waals surface area contributed by atoms with Crippen LogP contribution in [0.3, 0.4) is 0 Å². The van der Waals surface area contributed by atoms with E-state index in [0.717, 1.165) is 16.8 Å². The third kappa shape index (κ3) is 6.75. The maximum atomic E-state index is 14.2. The minimum atomic E-state index is -4.66. The van der Waals surface area contributed by atoms with E-state index in [9.17, 15) is 22.8 Å². The van der Waals surface area contributed by atoms with Crippen LogP contribution >= 0.6 is 0 Å². The highest BCUT2D eigenvalue weighted by atomic mass is 19.4. The highest BCUT2D eigenvalue weighted by Crippen LogP contribution is 2.32. The quantitative estimate of drug-likeness (QED) is 0.158. The Kier molecular flexibility index (Phi) is 8.70. The second kappa shape index (κ2) is 12.4. The van der Waals surface area contributed by atoms with Crippen LogP contribution < -0.4 is 10.9 Å². The van der Waals surface area contributed by atoms with Gasteiger partial charge in [0.2, 0.25) is 5.89 Å². The fourth-order valence-corrected chi connectivity index (χ4v) is 5.30. The number of aromatic nitrogens is 5. The fraction of sp³-hybridized carbons (Fsp3) is 0.303. The summed E-state index contributed by atoms with van der Waals surface area (Å²) in [5.74, 6) is -0.100. The van der Waals surface area contributed by atoms with Crippen LogP contribution in [0.2, 0.25) is 0 Å². The number of halogens is 3.